The third-order valence-corrected chi connectivity index (χ3v) is 5.32. The fourth-order valence-electron chi connectivity index (χ4n) is 2.55. The highest BCUT2D eigenvalue weighted by Crippen LogP contribution is 2.21. The molecule has 1 aromatic carbocycles. The van der Waals surface area contributed by atoms with Gasteiger partial charge in [0.05, 0.1) is 5.69 Å². The van der Waals surface area contributed by atoms with Gasteiger partial charge in [-0.15, -0.1) is 0 Å². The van der Waals surface area contributed by atoms with Gasteiger partial charge >= 0.3 is 6.03 Å². The Morgan fingerprint density at radius 1 is 1.39 bits per heavy atom. The third kappa shape index (κ3) is 4.04. The van der Waals surface area contributed by atoms with Crippen molar-refractivity contribution < 1.29 is 4.79 Å². The van der Waals surface area contributed by atoms with E-state index in [9.17, 15) is 4.79 Å². The first-order valence-electron chi connectivity index (χ1n) is 7.84. The van der Waals surface area contributed by atoms with Gasteiger partial charge in [-0.25, -0.2) is 14.5 Å². The van der Waals surface area contributed by atoms with Crippen molar-refractivity contribution in [2.75, 3.05) is 18.8 Å². The number of carbonyl (C=O) groups is 1. The molecule has 6 nitrogen and oxygen atoms in total. The number of hydrogen-bond acceptors (Lipinski definition) is 4. The fraction of sp³-hybridized carbons (Fsp3) is 0.438. The fourth-order valence-corrected chi connectivity index (χ4v) is 3.73. The zero-order valence-corrected chi connectivity index (χ0v) is 14.0. The SMILES string of the molecule is CC[C@H]1CN(C(=O)NCc2ccc(-n3cncn3)cc2)CCS1. The summed E-state index contributed by atoms with van der Waals surface area (Å²) < 4.78 is 1.71. The standard InChI is InChI=1S/C16H21N5OS/c1-2-15-10-20(7-8-23-15)16(22)18-9-13-3-5-14(6-4-13)21-12-17-11-19-21/h3-6,11-12,15H,2,7-10H2,1H3,(H,18,22)/t15-/m0/s1. The molecule has 1 aromatic heterocycles. The first kappa shape index (κ1) is 15.9. The summed E-state index contributed by atoms with van der Waals surface area (Å²) in [6.45, 7) is 4.39. The average Bonchev–Trinajstić information content (AvgIpc) is 3.15. The number of aromatic nitrogens is 3. The molecule has 0 aliphatic carbocycles. The molecule has 1 N–H and O–H groups in total. The van der Waals surface area contributed by atoms with Crippen molar-refractivity contribution in [1.82, 2.24) is 25.0 Å². The van der Waals surface area contributed by atoms with Crippen molar-refractivity contribution in [2.24, 2.45) is 0 Å². The number of benzene rings is 1. The second-order valence-electron chi connectivity index (χ2n) is 5.51. The van der Waals surface area contributed by atoms with Crippen LogP contribution in [-0.2, 0) is 6.54 Å². The van der Waals surface area contributed by atoms with Gasteiger partial charge in [0.2, 0.25) is 0 Å². The Balaban J connectivity index is 1.52. The predicted octanol–water partition coefficient (Wildman–Crippen LogP) is 2.30. The number of urea groups is 1. The summed E-state index contributed by atoms with van der Waals surface area (Å²) in [7, 11) is 0. The van der Waals surface area contributed by atoms with Crippen LogP contribution in [0.5, 0.6) is 0 Å². The van der Waals surface area contributed by atoms with Crippen LogP contribution in [0.4, 0.5) is 4.79 Å². The predicted molar refractivity (Wildman–Crippen MR) is 91.7 cm³/mol. The van der Waals surface area contributed by atoms with Gasteiger partial charge in [0.25, 0.3) is 0 Å². The summed E-state index contributed by atoms with van der Waals surface area (Å²) in [4.78, 5) is 18.1. The number of amides is 2. The van der Waals surface area contributed by atoms with Crippen LogP contribution in [0.1, 0.15) is 18.9 Å². The summed E-state index contributed by atoms with van der Waals surface area (Å²) in [6, 6.07) is 7.97. The molecular weight excluding hydrogens is 310 g/mol. The molecule has 0 spiro atoms. The zero-order chi connectivity index (χ0) is 16.1. The number of carbonyl (C=O) groups excluding carboxylic acids is 1. The van der Waals surface area contributed by atoms with Crippen molar-refractivity contribution in [1.29, 1.82) is 0 Å². The van der Waals surface area contributed by atoms with E-state index >= 15 is 0 Å². The maximum atomic E-state index is 12.3. The molecular formula is C16H21N5OS. The van der Waals surface area contributed by atoms with E-state index in [-0.39, 0.29) is 6.03 Å². The molecule has 2 aromatic rings. The van der Waals surface area contributed by atoms with E-state index in [1.54, 1.807) is 11.0 Å². The number of nitrogens with one attached hydrogen (secondary N) is 1. The van der Waals surface area contributed by atoms with Gasteiger partial charge in [0, 0.05) is 30.6 Å². The van der Waals surface area contributed by atoms with E-state index in [4.69, 9.17) is 0 Å². The molecule has 2 amide bonds. The molecule has 1 saturated heterocycles. The van der Waals surface area contributed by atoms with E-state index < -0.39 is 0 Å². The first-order valence-corrected chi connectivity index (χ1v) is 8.89. The molecule has 0 unspecified atom stereocenters. The molecule has 0 radical (unpaired) electrons. The van der Waals surface area contributed by atoms with Crippen LogP contribution >= 0.6 is 11.8 Å². The average molecular weight is 331 g/mol. The topological polar surface area (TPSA) is 63.1 Å². The van der Waals surface area contributed by atoms with Crippen LogP contribution in [0.2, 0.25) is 0 Å². The van der Waals surface area contributed by atoms with E-state index in [1.807, 2.05) is 40.9 Å². The largest absolute Gasteiger partial charge is 0.334 e. The lowest BCUT2D eigenvalue weighted by Gasteiger charge is -2.31. The summed E-state index contributed by atoms with van der Waals surface area (Å²) in [6.07, 6.45) is 4.28. The van der Waals surface area contributed by atoms with Gasteiger partial charge in [-0.3, -0.25) is 0 Å². The lowest BCUT2D eigenvalue weighted by molar-refractivity contribution is 0.199. The Bertz CT molecular complexity index is 628. The molecule has 23 heavy (non-hydrogen) atoms. The summed E-state index contributed by atoms with van der Waals surface area (Å²) >= 11 is 1.96. The van der Waals surface area contributed by atoms with Gasteiger partial charge in [-0.05, 0) is 24.1 Å². The third-order valence-electron chi connectivity index (χ3n) is 3.94. The Labute approximate surface area is 140 Å². The van der Waals surface area contributed by atoms with Gasteiger partial charge in [0.15, 0.2) is 0 Å². The zero-order valence-electron chi connectivity index (χ0n) is 13.2. The van der Waals surface area contributed by atoms with Crippen molar-refractivity contribution in [3.8, 4) is 5.69 Å². The van der Waals surface area contributed by atoms with E-state index in [1.165, 1.54) is 6.33 Å². The lowest BCUT2D eigenvalue weighted by Crippen LogP contribution is -2.46. The Morgan fingerprint density at radius 2 is 2.22 bits per heavy atom. The highest BCUT2D eigenvalue weighted by atomic mass is 32.2. The lowest BCUT2D eigenvalue weighted by atomic mass is 10.2. The Hall–Kier alpha value is -2.02. The molecule has 7 heteroatoms. The smallest absolute Gasteiger partial charge is 0.317 e. The Morgan fingerprint density at radius 3 is 2.91 bits per heavy atom. The minimum Gasteiger partial charge on any atom is -0.334 e. The van der Waals surface area contributed by atoms with Gasteiger partial charge < -0.3 is 10.2 Å². The van der Waals surface area contributed by atoms with Crippen LogP contribution in [-0.4, -0.2) is 49.8 Å². The number of rotatable bonds is 4. The van der Waals surface area contributed by atoms with Gasteiger partial charge in [-0.2, -0.15) is 16.9 Å². The maximum Gasteiger partial charge on any atom is 0.317 e. The number of thioether (sulfide) groups is 1. The molecule has 2 heterocycles. The molecule has 1 atom stereocenters. The van der Waals surface area contributed by atoms with Crippen molar-refractivity contribution in [3.63, 3.8) is 0 Å². The van der Waals surface area contributed by atoms with Crippen LogP contribution in [0.3, 0.4) is 0 Å². The van der Waals surface area contributed by atoms with E-state index in [0.717, 1.165) is 36.5 Å². The van der Waals surface area contributed by atoms with Gasteiger partial charge in [0.1, 0.15) is 12.7 Å². The second kappa shape index (κ2) is 7.50. The molecule has 1 fully saturated rings. The molecule has 0 saturated carbocycles. The molecule has 1 aliphatic heterocycles. The van der Waals surface area contributed by atoms with Crippen molar-refractivity contribution in [2.45, 2.75) is 25.1 Å². The van der Waals surface area contributed by atoms with E-state index in [0.29, 0.717) is 11.8 Å². The number of nitrogens with zero attached hydrogens (tertiary/aromatic N) is 4. The van der Waals surface area contributed by atoms with Crippen molar-refractivity contribution >= 4 is 17.8 Å². The summed E-state index contributed by atoms with van der Waals surface area (Å²) in [5.41, 5.74) is 2.03. The monoisotopic (exact) mass is 331 g/mol. The van der Waals surface area contributed by atoms with Crippen LogP contribution < -0.4 is 5.32 Å². The second-order valence-corrected chi connectivity index (χ2v) is 6.92. The normalized spacial score (nSPS) is 18.0. The maximum absolute atomic E-state index is 12.3. The number of hydrogen-bond donors (Lipinski definition) is 1. The Kier molecular flexibility index (Phi) is 5.17. The minimum absolute atomic E-state index is 0.0316. The summed E-state index contributed by atoms with van der Waals surface area (Å²) in [5.74, 6) is 1.03. The first-order chi connectivity index (χ1) is 11.3. The molecule has 0 bridgehead atoms. The molecule has 1 aliphatic rings. The van der Waals surface area contributed by atoms with Crippen LogP contribution in [0.15, 0.2) is 36.9 Å². The van der Waals surface area contributed by atoms with E-state index in [2.05, 4.69) is 22.3 Å². The van der Waals surface area contributed by atoms with Crippen LogP contribution in [0, 0.1) is 0 Å². The quantitative estimate of drug-likeness (QED) is 0.934. The van der Waals surface area contributed by atoms with Crippen LogP contribution in [0.25, 0.3) is 5.69 Å². The highest BCUT2D eigenvalue weighted by Gasteiger charge is 2.22. The van der Waals surface area contributed by atoms with Crippen molar-refractivity contribution in [3.05, 3.63) is 42.5 Å². The minimum atomic E-state index is 0.0316. The summed E-state index contributed by atoms with van der Waals surface area (Å²) in [5, 5.41) is 7.67. The molecule has 3 rings (SSSR count). The highest BCUT2D eigenvalue weighted by molar-refractivity contribution is 8.00. The van der Waals surface area contributed by atoms with Gasteiger partial charge in [-0.1, -0.05) is 19.1 Å². The molecule has 122 valence electrons.